The lowest BCUT2D eigenvalue weighted by Crippen LogP contribution is -2.38. The number of rotatable bonds is 4. The van der Waals surface area contributed by atoms with Crippen LogP contribution in [0.4, 0.5) is 18.9 Å². The number of benzene rings is 2. The molecule has 2 saturated heterocycles. The van der Waals surface area contributed by atoms with Gasteiger partial charge in [0.15, 0.2) is 15.0 Å². The number of anilines is 1. The maximum atomic E-state index is 13.4. The first-order chi connectivity index (χ1) is 15.5. The average molecular weight is 519 g/mol. The number of hydrogen-bond donors (Lipinski definition) is 0. The van der Waals surface area contributed by atoms with Crippen LogP contribution in [0.15, 0.2) is 47.5 Å². The third-order valence-electron chi connectivity index (χ3n) is 5.33. The number of aliphatic imine (C=N–C) groups is 1. The van der Waals surface area contributed by atoms with Crippen molar-refractivity contribution in [2.75, 3.05) is 23.5 Å². The number of ether oxygens (including phenoxy) is 1. The molecule has 0 radical (unpaired) electrons. The highest BCUT2D eigenvalue weighted by Gasteiger charge is 2.49. The van der Waals surface area contributed by atoms with E-state index in [0.717, 1.165) is 23.9 Å². The third-order valence-corrected chi connectivity index (χ3v) is 8.87. The van der Waals surface area contributed by atoms with Gasteiger partial charge >= 0.3 is 6.18 Å². The molecule has 2 heterocycles. The first-order valence-electron chi connectivity index (χ1n) is 9.74. The van der Waals surface area contributed by atoms with Gasteiger partial charge in [-0.2, -0.15) is 18.2 Å². The average Bonchev–Trinajstić information content (AvgIpc) is 3.19. The van der Waals surface area contributed by atoms with Gasteiger partial charge in [0.05, 0.1) is 41.7 Å². The highest BCUT2D eigenvalue weighted by molar-refractivity contribution is 8.16. The first-order valence-corrected chi connectivity index (χ1v) is 12.8. The van der Waals surface area contributed by atoms with E-state index in [4.69, 9.17) is 16.3 Å². The molecule has 4 rings (SSSR count). The summed E-state index contributed by atoms with van der Waals surface area (Å²) in [5.74, 6) is -0.238. The normalized spacial score (nSPS) is 23.1. The standard InChI is InChI=1S/C21H18ClF3N2O4S2/c1-31-14-5-2-12(3-6-14)8-19(28)26-20-27(17-10-33(29,30)11-18(17)32-20)13-4-7-16(22)15(9-13)21(23,24)25/h2-7,9,17-18H,8,10-11H2,1H3. The Morgan fingerprint density at radius 2 is 1.91 bits per heavy atom. The highest BCUT2D eigenvalue weighted by atomic mass is 35.5. The first kappa shape index (κ1) is 23.9. The quantitative estimate of drug-likeness (QED) is 0.603. The van der Waals surface area contributed by atoms with Crippen molar-refractivity contribution < 1.29 is 31.1 Å². The number of halogens is 4. The van der Waals surface area contributed by atoms with Crippen LogP contribution in [-0.4, -0.2) is 49.4 Å². The van der Waals surface area contributed by atoms with E-state index in [9.17, 15) is 26.4 Å². The minimum atomic E-state index is -4.69. The Balaban J connectivity index is 1.67. The molecule has 6 nitrogen and oxygen atoms in total. The number of nitrogens with zero attached hydrogens (tertiary/aromatic N) is 2. The van der Waals surface area contributed by atoms with Crippen molar-refractivity contribution in [3.63, 3.8) is 0 Å². The number of thioether (sulfide) groups is 1. The molecule has 12 heteroatoms. The molecule has 0 aliphatic carbocycles. The van der Waals surface area contributed by atoms with Gasteiger partial charge in [-0.15, -0.1) is 0 Å². The van der Waals surface area contributed by atoms with Gasteiger partial charge < -0.3 is 9.64 Å². The summed E-state index contributed by atoms with van der Waals surface area (Å²) in [7, 11) is -1.84. The smallest absolute Gasteiger partial charge is 0.417 e. The van der Waals surface area contributed by atoms with Crippen molar-refractivity contribution in [3.8, 4) is 5.75 Å². The summed E-state index contributed by atoms with van der Waals surface area (Å²) >= 11 is 6.83. The maximum Gasteiger partial charge on any atom is 0.417 e. The molecule has 2 aliphatic heterocycles. The fourth-order valence-electron chi connectivity index (χ4n) is 3.81. The molecule has 2 unspecified atom stereocenters. The second-order valence-electron chi connectivity index (χ2n) is 7.65. The number of alkyl halides is 3. The van der Waals surface area contributed by atoms with Gasteiger partial charge in [0.25, 0.3) is 5.91 Å². The number of sulfone groups is 1. The van der Waals surface area contributed by atoms with Crippen LogP contribution in [0, 0.1) is 0 Å². The Morgan fingerprint density at radius 3 is 2.55 bits per heavy atom. The number of hydrogen-bond acceptors (Lipinski definition) is 5. The van der Waals surface area contributed by atoms with Crippen LogP contribution in [0.5, 0.6) is 5.75 Å². The molecule has 0 N–H and O–H groups in total. The summed E-state index contributed by atoms with van der Waals surface area (Å²) < 4.78 is 69.7. The van der Waals surface area contributed by atoms with Gasteiger partial charge in [0, 0.05) is 10.9 Å². The summed E-state index contributed by atoms with van der Waals surface area (Å²) in [5, 5.41) is -0.732. The summed E-state index contributed by atoms with van der Waals surface area (Å²) in [6, 6.07) is 9.54. The lowest BCUT2D eigenvalue weighted by molar-refractivity contribution is -0.137. The lowest BCUT2D eigenvalue weighted by Gasteiger charge is -2.25. The lowest BCUT2D eigenvalue weighted by atomic mass is 10.1. The van der Waals surface area contributed by atoms with Crippen molar-refractivity contribution >= 4 is 50.0 Å². The molecule has 33 heavy (non-hydrogen) atoms. The van der Waals surface area contributed by atoms with Crippen molar-refractivity contribution in [2.45, 2.75) is 23.9 Å². The van der Waals surface area contributed by atoms with E-state index < -0.39 is 43.8 Å². The zero-order chi connectivity index (χ0) is 24.0. The molecule has 1 amide bonds. The van der Waals surface area contributed by atoms with Gasteiger partial charge in [-0.3, -0.25) is 4.79 Å². The molecular weight excluding hydrogens is 501 g/mol. The largest absolute Gasteiger partial charge is 0.497 e. The summed E-state index contributed by atoms with van der Waals surface area (Å²) in [6.07, 6.45) is -4.72. The highest BCUT2D eigenvalue weighted by Crippen LogP contribution is 2.43. The van der Waals surface area contributed by atoms with Crippen molar-refractivity contribution in [1.29, 1.82) is 0 Å². The molecule has 0 bridgehead atoms. The van der Waals surface area contributed by atoms with Gasteiger partial charge in [-0.05, 0) is 35.9 Å². The van der Waals surface area contributed by atoms with Crippen molar-refractivity contribution in [3.05, 3.63) is 58.6 Å². The Morgan fingerprint density at radius 1 is 1.21 bits per heavy atom. The molecule has 0 saturated carbocycles. The van der Waals surface area contributed by atoms with Crippen molar-refractivity contribution in [1.82, 2.24) is 0 Å². The number of carbonyl (C=O) groups is 1. The third kappa shape index (κ3) is 5.15. The number of carbonyl (C=O) groups excluding carboxylic acids is 1. The van der Waals surface area contributed by atoms with Crippen LogP contribution >= 0.6 is 23.4 Å². The van der Waals surface area contributed by atoms with E-state index in [2.05, 4.69) is 4.99 Å². The SMILES string of the molecule is COc1ccc(CC(=O)N=C2SC3CS(=O)(=O)CC3N2c2ccc(Cl)c(C(F)(F)F)c2)cc1. The second-order valence-corrected chi connectivity index (χ2v) is 11.4. The Hall–Kier alpha value is -2.24. The van der Waals surface area contributed by atoms with Gasteiger partial charge in [-0.25, -0.2) is 8.42 Å². The summed E-state index contributed by atoms with van der Waals surface area (Å²) in [5.41, 5.74) is -0.270. The minimum Gasteiger partial charge on any atom is -0.497 e. The zero-order valence-electron chi connectivity index (χ0n) is 17.2. The summed E-state index contributed by atoms with van der Waals surface area (Å²) in [4.78, 5) is 18.2. The van der Waals surface area contributed by atoms with E-state index in [1.54, 1.807) is 24.3 Å². The van der Waals surface area contributed by atoms with Crippen LogP contribution in [0.2, 0.25) is 5.02 Å². The fraction of sp³-hybridized carbons (Fsp3) is 0.333. The molecule has 2 aliphatic rings. The monoisotopic (exact) mass is 518 g/mol. The second kappa shape index (κ2) is 8.84. The van der Waals surface area contributed by atoms with Gasteiger partial charge in [0.1, 0.15) is 5.75 Å². The molecule has 0 aromatic heterocycles. The molecule has 2 aromatic rings. The number of methoxy groups -OCH3 is 1. The Kier molecular flexibility index (Phi) is 6.41. The number of fused-ring (bicyclic) bond motifs is 1. The summed E-state index contributed by atoms with van der Waals surface area (Å²) in [6.45, 7) is 0. The molecule has 2 atom stereocenters. The van der Waals surface area contributed by atoms with E-state index >= 15 is 0 Å². The predicted molar refractivity (Wildman–Crippen MR) is 122 cm³/mol. The zero-order valence-corrected chi connectivity index (χ0v) is 19.6. The van der Waals surface area contributed by atoms with Crippen LogP contribution in [0.3, 0.4) is 0 Å². The maximum absolute atomic E-state index is 13.4. The van der Waals surface area contributed by atoms with E-state index in [1.165, 1.54) is 18.1 Å². The van der Waals surface area contributed by atoms with E-state index in [1.807, 2.05) is 0 Å². The van der Waals surface area contributed by atoms with Crippen LogP contribution in [0.1, 0.15) is 11.1 Å². The molecule has 0 spiro atoms. The predicted octanol–water partition coefficient (Wildman–Crippen LogP) is 4.21. The van der Waals surface area contributed by atoms with Gasteiger partial charge in [0.2, 0.25) is 0 Å². The minimum absolute atomic E-state index is 0.0239. The number of amidine groups is 1. The topological polar surface area (TPSA) is 76.0 Å². The van der Waals surface area contributed by atoms with E-state index in [0.29, 0.717) is 11.3 Å². The Bertz CT molecular complexity index is 1220. The Labute approximate surface area is 197 Å². The molecule has 176 valence electrons. The van der Waals surface area contributed by atoms with E-state index in [-0.39, 0.29) is 28.8 Å². The van der Waals surface area contributed by atoms with Crippen molar-refractivity contribution in [2.24, 2.45) is 4.99 Å². The van der Waals surface area contributed by atoms with Crippen LogP contribution in [0.25, 0.3) is 0 Å². The molecule has 2 fully saturated rings. The van der Waals surface area contributed by atoms with Crippen LogP contribution in [-0.2, 0) is 27.2 Å². The fourth-order valence-corrected chi connectivity index (χ4v) is 7.97. The van der Waals surface area contributed by atoms with Crippen LogP contribution < -0.4 is 9.64 Å². The molecule has 2 aromatic carbocycles. The van der Waals surface area contributed by atoms with Gasteiger partial charge in [-0.1, -0.05) is 35.5 Å². The molecular formula is C21H18ClF3N2O4S2. The number of amides is 1.